The van der Waals surface area contributed by atoms with Gasteiger partial charge in [-0.1, -0.05) is 0 Å². The van der Waals surface area contributed by atoms with E-state index < -0.39 is 0 Å². The Bertz CT molecular complexity index is 484. The predicted molar refractivity (Wildman–Crippen MR) is 67.3 cm³/mol. The molecule has 0 atom stereocenters. The van der Waals surface area contributed by atoms with Gasteiger partial charge in [0.25, 0.3) is 0 Å². The summed E-state index contributed by atoms with van der Waals surface area (Å²) in [7, 11) is 0. The van der Waals surface area contributed by atoms with Crippen LogP contribution in [-0.4, -0.2) is 9.97 Å². The van der Waals surface area contributed by atoms with Crippen LogP contribution in [0.2, 0.25) is 0 Å². The Morgan fingerprint density at radius 2 is 2.33 bits per heavy atom. The van der Waals surface area contributed by atoms with Crippen LogP contribution >= 0.6 is 39.0 Å². The first kappa shape index (κ1) is 10.9. The van der Waals surface area contributed by atoms with Crippen LogP contribution in [0.3, 0.4) is 0 Å². The third-order valence-electron chi connectivity index (χ3n) is 1.61. The number of nitrogens with zero attached hydrogens (tertiary/aromatic N) is 2. The molecular weight excluding hydrogens is 294 g/mol. The summed E-state index contributed by atoms with van der Waals surface area (Å²) in [5.41, 5.74) is 7.30. The van der Waals surface area contributed by atoms with Crippen molar-refractivity contribution in [3.63, 3.8) is 0 Å². The second kappa shape index (κ2) is 4.51. The van der Waals surface area contributed by atoms with Gasteiger partial charge >= 0.3 is 0 Å². The molecule has 3 nitrogen and oxygen atoms in total. The Morgan fingerprint density at radius 1 is 1.53 bits per heavy atom. The summed E-state index contributed by atoms with van der Waals surface area (Å²) in [4.78, 5) is 8.60. The number of anilines is 1. The van der Waals surface area contributed by atoms with Crippen LogP contribution < -0.4 is 5.73 Å². The summed E-state index contributed by atoms with van der Waals surface area (Å²) in [5, 5.41) is 2.91. The standard InChI is InChI=1S/C9H8BrN3S2/c1-5-4-14-9(13-5)15-8-7(10)2-6(11)3-12-8/h2-4H,11H2,1H3. The van der Waals surface area contributed by atoms with Crippen molar-refractivity contribution in [2.24, 2.45) is 0 Å². The van der Waals surface area contributed by atoms with Crippen molar-refractivity contribution < 1.29 is 0 Å². The van der Waals surface area contributed by atoms with Crippen LogP contribution in [0.4, 0.5) is 5.69 Å². The lowest BCUT2D eigenvalue weighted by Gasteiger charge is -2.00. The van der Waals surface area contributed by atoms with Crippen LogP contribution in [-0.2, 0) is 0 Å². The molecule has 2 N–H and O–H groups in total. The number of hydrogen-bond acceptors (Lipinski definition) is 5. The van der Waals surface area contributed by atoms with Gasteiger partial charge in [0.05, 0.1) is 16.4 Å². The molecular formula is C9H8BrN3S2. The monoisotopic (exact) mass is 301 g/mol. The van der Waals surface area contributed by atoms with Gasteiger partial charge in [-0.2, -0.15) is 0 Å². The number of thiazole rings is 1. The third kappa shape index (κ3) is 2.70. The van der Waals surface area contributed by atoms with E-state index in [0.29, 0.717) is 5.69 Å². The van der Waals surface area contributed by atoms with Gasteiger partial charge in [-0.3, -0.25) is 0 Å². The summed E-state index contributed by atoms with van der Waals surface area (Å²) in [6.45, 7) is 1.98. The zero-order valence-electron chi connectivity index (χ0n) is 7.90. The lowest BCUT2D eigenvalue weighted by atomic mass is 10.4. The Hall–Kier alpha value is -0.590. The zero-order chi connectivity index (χ0) is 10.8. The van der Waals surface area contributed by atoms with Crippen molar-refractivity contribution >= 4 is 44.7 Å². The lowest BCUT2D eigenvalue weighted by molar-refractivity contribution is 1.10. The van der Waals surface area contributed by atoms with Gasteiger partial charge in [-0.05, 0) is 40.7 Å². The van der Waals surface area contributed by atoms with Gasteiger partial charge in [0.2, 0.25) is 0 Å². The summed E-state index contributed by atoms with van der Waals surface area (Å²) >= 11 is 6.58. The second-order valence-corrected chi connectivity index (χ2v) is 5.86. The molecule has 78 valence electrons. The van der Waals surface area contributed by atoms with Crippen LogP contribution in [0.1, 0.15) is 5.69 Å². The van der Waals surface area contributed by atoms with Gasteiger partial charge in [-0.15, -0.1) is 11.3 Å². The number of nitrogens with two attached hydrogens (primary N) is 1. The summed E-state index contributed by atoms with van der Waals surface area (Å²) in [6.07, 6.45) is 1.65. The summed E-state index contributed by atoms with van der Waals surface area (Å²) in [5.74, 6) is 0. The largest absolute Gasteiger partial charge is 0.397 e. The maximum atomic E-state index is 5.61. The summed E-state index contributed by atoms with van der Waals surface area (Å²) < 4.78 is 1.89. The molecule has 0 aromatic carbocycles. The first-order valence-electron chi connectivity index (χ1n) is 4.16. The van der Waals surface area contributed by atoms with Crippen LogP contribution in [0.25, 0.3) is 0 Å². The molecule has 2 heterocycles. The van der Waals surface area contributed by atoms with E-state index in [1.807, 2.05) is 18.4 Å². The van der Waals surface area contributed by atoms with E-state index in [2.05, 4.69) is 25.9 Å². The molecule has 2 aromatic heterocycles. The van der Waals surface area contributed by atoms with E-state index in [9.17, 15) is 0 Å². The topological polar surface area (TPSA) is 51.8 Å². The van der Waals surface area contributed by atoms with Gasteiger partial charge in [0.1, 0.15) is 5.03 Å². The maximum absolute atomic E-state index is 5.61. The van der Waals surface area contributed by atoms with Gasteiger partial charge in [0, 0.05) is 11.1 Å². The van der Waals surface area contributed by atoms with Crippen molar-refractivity contribution in [3.8, 4) is 0 Å². The number of aryl methyl sites for hydroxylation is 1. The van der Waals surface area contributed by atoms with Crippen molar-refractivity contribution in [1.82, 2.24) is 9.97 Å². The molecule has 2 rings (SSSR count). The molecule has 15 heavy (non-hydrogen) atoms. The third-order valence-corrected chi connectivity index (χ3v) is 4.55. The zero-order valence-corrected chi connectivity index (χ0v) is 11.1. The minimum Gasteiger partial charge on any atom is -0.397 e. The second-order valence-electron chi connectivity index (χ2n) is 2.91. The summed E-state index contributed by atoms with van der Waals surface area (Å²) in [6, 6.07) is 1.84. The molecule has 0 saturated heterocycles. The quantitative estimate of drug-likeness (QED) is 0.924. The number of rotatable bonds is 2. The highest BCUT2D eigenvalue weighted by Crippen LogP contribution is 2.34. The van der Waals surface area contributed by atoms with Crippen molar-refractivity contribution in [3.05, 3.63) is 27.8 Å². The van der Waals surface area contributed by atoms with E-state index in [-0.39, 0.29) is 0 Å². The van der Waals surface area contributed by atoms with Crippen LogP contribution in [0.5, 0.6) is 0 Å². The minimum absolute atomic E-state index is 0.654. The number of halogens is 1. The average molecular weight is 302 g/mol. The van der Waals surface area contributed by atoms with E-state index in [0.717, 1.165) is 19.5 Å². The Balaban J connectivity index is 2.24. The number of hydrogen-bond donors (Lipinski definition) is 1. The molecule has 0 aliphatic carbocycles. The molecule has 0 bridgehead atoms. The number of pyridine rings is 1. The fourth-order valence-corrected chi connectivity index (χ4v) is 3.30. The van der Waals surface area contributed by atoms with Crippen LogP contribution in [0.15, 0.2) is 31.5 Å². The first-order valence-corrected chi connectivity index (χ1v) is 6.65. The molecule has 6 heteroatoms. The molecule has 0 saturated carbocycles. The molecule has 0 radical (unpaired) electrons. The van der Waals surface area contributed by atoms with Gasteiger partial charge in [-0.25, -0.2) is 9.97 Å². The molecule has 0 unspecified atom stereocenters. The van der Waals surface area contributed by atoms with Gasteiger partial charge < -0.3 is 5.73 Å². The smallest absolute Gasteiger partial charge is 0.156 e. The fourth-order valence-electron chi connectivity index (χ4n) is 0.977. The normalized spacial score (nSPS) is 10.5. The van der Waals surface area contributed by atoms with E-state index in [4.69, 9.17) is 5.73 Å². The first-order chi connectivity index (χ1) is 7.15. The highest BCUT2D eigenvalue weighted by molar-refractivity contribution is 9.10. The van der Waals surface area contributed by atoms with E-state index in [1.54, 1.807) is 17.5 Å². The van der Waals surface area contributed by atoms with Crippen LogP contribution in [0, 0.1) is 6.92 Å². The average Bonchev–Trinajstić information content (AvgIpc) is 2.56. The molecule has 0 amide bonds. The Labute approximate surface area is 104 Å². The lowest BCUT2D eigenvalue weighted by Crippen LogP contribution is -1.88. The minimum atomic E-state index is 0.654. The van der Waals surface area contributed by atoms with Crippen molar-refractivity contribution in [1.29, 1.82) is 0 Å². The highest BCUT2D eigenvalue weighted by atomic mass is 79.9. The predicted octanol–water partition coefficient (Wildman–Crippen LogP) is 3.34. The van der Waals surface area contributed by atoms with Crippen molar-refractivity contribution in [2.75, 3.05) is 5.73 Å². The Morgan fingerprint density at radius 3 is 2.93 bits per heavy atom. The SMILES string of the molecule is Cc1csc(Sc2ncc(N)cc2Br)n1. The van der Waals surface area contributed by atoms with Gasteiger partial charge in [0.15, 0.2) is 4.34 Å². The fraction of sp³-hybridized carbons (Fsp3) is 0.111. The van der Waals surface area contributed by atoms with E-state index >= 15 is 0 Å². The van der Waals surface area contributed by atoms with Crippen molar-refractivity contribution in [2.45, 2.75) is 16.3 Å². The molecule has 0 spiro atoms. The maximum Gasteiger partial charge on any atom is 0.156 e. The molecule has 0 fully saturated rings. The highest BCUT2D eigenvalue weighted by Gasteiger charge is 2.07. The molecule has 2 aromatic rings. The Kier molecular flexibility index (Phi) is 3.28. The number of nitrogen functional groups attached to an aromatic ring is 1. The molecule has 0 aliphatic heterocycles. The van der Waals surface area contributed by atoms with E-state index in [1.165, 1.54) is 11.8 Å². The molecule has 0 aliphatic rings. The number of aromatic nitrogens is 2.